The summed E-state index contributed by atoms with van der Waals surface area (Å²) in [5, 5.41) is 5.00. The van der Waals surface area contributed by atoms with Gasteiger partial charge in [0, 0.05) is 18.8 Å². The van der Waals surface area contributed by atoms with Crippen LogP contribution >= 0.6 is 0 Å². The molecular formula is C20H21F2N3O3. The van der Waals surface area contributed by atoms with Crippen LogP contribution in [0.25, 0.3) is 0 Å². The van der Waals surface area contributed by atoms with Gasteiger partial charge in [0.1, 0.15) is 11.6 Å². The van der Waals surface area contributed by atoms with Gasteiger partial charge in [-0.2, -0.15) is 0 Å². The van der Waals surface area contributed by atoms with Crippen LogP contribution < -0.4 is 10.6 Å². The average molecular weight is 389 g/mol. The Bertz CT molecular complexity index is 887. The van der Waals surface area contributed by atoms with E-state index in [4.69, 9.17) is 0 Å². The molecule has 0 aliphatic heterocycles. The van der Waals surface area contributed by atoms with Crippen LogP contribution in [0.3, 0.4) is 0 Å². The lowest BCUT2D eigenvalue weighted by Gasteiger charge is -2.18. The largest absolute Gasteiger partial charge is 0.343 e. The van der Waals surface area contributed by atoms with Crippen molar-refractivity contribution in [3.8, 4) is 0 Å². The molecule has 0 aliphatic rings. The van der Waals surface area contributed by atoms with Crippen molar-refractivity contribution in [2.24, 2.45) is 0 Å². The smallest absolute Gasteiger partial charge is 0.254 e. The quantitative estimate of drug-likeness (QED) is 0.763. The molecule has 148 valence electrons. The second-order valence-corrected chi connectivity index (χ2v) is 6.12. The van der Waals surface area contributed by atoms with E-state index in [1.54, 1.807) is 12.1 Å². The first-order chi connectivity index (χ1) is 13.3. The van der Waals surface area contributed by atoms with Crippen molar-refractivity contribution in [1.29, 1.82) is 0 Å². The summed E-state index contributed by atoms with van der Waals surface area (Å²) in [7, 11) is 1.41. The number of halogens is 2. The van der Waals surface area contributed by atoms with E-state index in [1.807, 2.05) is 19.1 Å². The van der Waals surface area contributed by atoms with Crippen molar-refractivity contribution in [2.75, 3.05) is 25.5 Å². The molecule has 0 spiro atoms. The zero-order chi connectivity index (χ0) is 20.7. The molecule has 2 N–H and O–H groups in total. The molecule has 0 saturated heterocycles. The summed E-state index contributed by atoms with van der Waals surface area (Å²) in [4.78, 5) is 37.3. The molecule has 3 amide bonds. The van der Waals surface area contributed by atoms with Gasteiger partial charge in [-0.15, -0.1) is 0 Å². The topological polar surface area (TPSA) is 78.5 Å². The van der Waals surface area contributed by atoms with Gasteiger partial charge < -0.3 is 15.5 Å². The van der Waals surface area contributed by atoms with Crippen LogP contribution in [0.4, 0.5) is 14.5 Å². The van der Waals surface area contributed by atoms with Crippen molar-refractivity contribution >= 4 is 23.4 Å². The van der Waals surface area contributed by atoms with Crippen molar-refractivity contribution in [1.82, 2.24) is 10.2 Å². The van der Waals surface area contributed by atoms with Gasteiger partial charge in [-0.1, -0.05) is 25.1 Å². The van der Waals surface area contributed by atoms with E-state index in [1.165, 1.54) is 7.05 Å². The molecule has 0 aliphatic carbocycles. The normalized spacial score (nSPS) is 10.3. The zero-order valence-electron chi connectivity index (χ0n) is 15.6. The molecule has 8 heteroatoms. The van der Waals surface area contributed by atoms with Crippen LogP contribution in [0, 0.1) is 11.6 Å². The van der Waals surface area contributed by atoms with E-state index in [0.717, 1.165) is 29.0 Å². The fourth-order valence-corrected chi connectivity index (χ4v) is 2.50. The Morgan fingerprint density at radius 3 is 2.46 bits per heavy atom. The van der Waals surface area contributed by atoms with Crippen LogP contribution in [-0.4, -0.2) is 42.8 Å². The van der Waals surface area contributed by atoms with Crippen LogP contribution in [0.1, 0.15) is 22.8 Å². The Labute approximate surface area is 161 Å². The number of hydrogen-bond acceptors (Lipinski definition) is 3. The molecule has 28 heavy (non-hydrogen) atoms. The third kappa shape index (κ3) is 5.60. The number of benzene rings is 2. The number of carbonyl (C=O) groups excluding carboxylic acids is 3. The number of likely N-dealkylation sites (N-methyl/N-ethyl adjacent to an activating group) is 1. The second kappa shape index (κ2) is 9.59. The highest BCUT2D eigenvalue weighted by Gasteiger charge is 2.17. The Morgan fingerprint density at radius 1 is 1.07 bits per heavy atom. The first-order valence-electron chi connectivity index (χ1n) is 8.66. The number of para-hydroxylation sites is 1. The third-order valence-electron chi connectivity index (χ3n) is 4.05. The number of aryl methyl sites for hydroxylation is 1. The Balaban J connectivity index is 1.86. The maximum Gasteiger partial charge on any atom is 0.254 e. The molecule has 0 heterocycles. The summed E-state index contributed by atoms with van der Waals surface area (Å²) in [5.74, 6) is -3.59. The monoisotopic (exact) mass is 389 g/mol. The molecule has 2 aromatic carbocycles. The van der Waals surface area contributed by atoms with Crippen molar-refractivity contribution < 1.29 is 23.2 Å². The molecule has 0 atom stereocenters. The van der Waals surface area contributed by atoms with E-state index >= 15 is 0 Å². The predicted molar refractivity (Wildman–Crippen MR) is 101 cm³/mol. The van der Waals surface area contributed by atoms with E-state index in [-0.39, 0.29) is 18.0 Å². The van der Waals surface area contributed by atoms with Crippen molar-refractivity contribution in [3.63, 3.8) is 0 Å². The standard InChI is InChI=1S/C20H21F2N3O3/c1-3-13-6-4-5-7-17(13)24-18(26)12-25(2)19(27)11-23-20(28)15-9-8-14(21)10-16(15)22/h4-10H,3,11-12H2,1-2H3,(H,23,28)(H,24,26). The molecule has 0 unspecified atom stereocenters. The highest BCUT2D eigenvalue weighted by atomic mass is 19.1. The maximum atomic E-state index is 13.6. The van der Waals surface area contributed by atoms with Crippen LogP contribution in [-0.2, 0) is 16.0 Å². The number of rotatable bonds is 7. The van der Waals surface area contributed by atoms with E-state index in [0.29, 0.717) is 11.8 Å². The van der Waals surface area contributed by atoms with Crippen LogP contribution in [0.2, 0.25) is 0 Å². The summed E-state index contributed by atoms with van der Waals surface area (Å²) in [5.41, 5.74) is 1.28. The van der Waals surface area contributed by atoms with Crippen LogP contribution in [0.5, 0.6) is 0 Å². The van der Waals surface area contributed by atoms with Gasteiger partial charge in [-0.05, 0) is 30.2 Å². The summed E-state index contributed by atoms with van der Waals surface area (Å²) >= 11 is 0. The molecule has 0 aromatic heterocycles. The fraction of sp³-hybridized carbons (Fsp3) is 0.250. The Hall–Kier alpha value is -3.29. The van der Waals surface area contributed by atoms with Gasteiger partial charge >= 0.3 is 0 Å². The number of hydrogen-bond donors (Lipinski definition) is 2. The molecule has 2 rings (SSSR count). The van der Waals surface area contributed by atoms with Gasteiger partial charge in [0.2, 0.25) is 11.8 Å². The van der Waals surface area contributed by atoms with E-state index < -0.39 is 30.0 Å². The number of anilines is 1. The number of nitrogens with zero attached hydrogens (tertiary/aromatic N) is 1. The number of amides is 3. The highest BCUT2D eigenvalue weighted by molar-refractivity contribution is 5.98. The average Bonchev–Trinajstić information content (AvgIpc) is 2.66. The molecule has 0 fully saturated rings. The van der Waals surface area contributed by atoms with Gasteiger partial charge in [-0.25, -0.2) is 8.78 Å². The summed E-state index contributed by atoms with van der Waals surface area (Å²) < 4.78 is 26.5. The van der Waals surface area contributed by atoms with E-state index in [2.05, 4.69) is 10.6 Å². The summed E-state index contributed by atoms with van der Waals surface area (Å²) in [6.07, 6.45) is 0.747. The van der Waals surface area contributed by atoms with Gasteiger partial charge in [0.05, 0.1) is 18.7 Å². The third-order valence-corrected chi connectivity index (χ3v) is 4.05. The minimum absolute atomic E-state index is 0.211. The fourth-order valence-electron chi connectivity index (χ4n) is 2.50. The van der Waals surface area contributed by atoms with Crippen molar-refractivity contribution in [3.05, 3.63) is 65.2 Å². The Morgan fingerprint density at radius 2 is 1.79 bits per heavy atom. The molecule has 6 nitrogen and oxygen atoms in total. The molecule has 0 bridgehead atoms. The van der Waals surface area contributed by atoms with Crippen LogP contribution in [0.15, 0.2) is 42.5 Å². The van der Waals surface area contributed by atoms with Gasteiger partial charge in [0.25, 0.3) is 5.91 Å². The molecule has 0 radical (unpaired) electrons. The van der Waals surface area contributed by atoms with Gasteiger partial charge in [0.15, 0.2) is 0 Å². The summed E-state index contributed by atoms with van der Waals surface area (Å²) in [6.45, 7) is 1.33. The zero-order valence-corrected chi connectivity index (χ0v) is 15.6. The van der Waals surface area contributed by atoms with E-state index in [9.17, 15) is 23.2 Å². The minimum Gasteiger partial charge on any atom is -0.343 e. The second-order valence-electron chi connectivity index (χ2n) is 6.12. The number of carbonyl (C=O) groups is 3. The first kappa shape index (κ1) is 21.0. The lowest BCUT2D eigenvalue weighted by atomic mass is 10.1. The lowest BCUT2D eigenvalue weighted by molar-refractivity contribution is -0.132. The maximum absolute atomic E-state index is 13.6. The van der Waals surface area contributed by atoms with Gasteiger partial charge in [-0.3, -0.25) is 14.4 Å². The number of nitrogens with one attached hydrogen (secondary N) is 2. The molecular weight excluding hydrogens is 368 g/mol. The predicted octanol–water partition coefficient (Wildman–Crippen LogP) is 2.35. The molecule has 2 aromatic rings. The highest BCUT2D eigenvalue weighted by Crippen LogP contribution is 2.15. The minimum atomic E-state index is -1.02. The molecule has 0 saturated carbocycles. The lowest BCUT2D eigenvalue weighted by Crippen LogP contribution is -2.41. The SMILES string of the molecule is CCc1ccccc1NC(=O)CN(C)C(=O)CNC(=O)c1ccc(F)cc1F. The Kier molecular flexibility index (Phi) is 7.20. The summed E-state index contributed by atoms with van der Waals surface area (Å²) in [6, 6.07) is 9.87. The first-order valence-corrected chi connectivity index (χ1v) is 8.66. The van der Waals surface area contributed by atoms with Crippen molar-refractivity contribution in [2.45, 2.75) is 13.3 Å².